The van der Waals surface area contributed by atoms with Crippen molar-refractivity contribution in [1.29, 1.82) is 0 Å². The van der Waals surface area contributed by atoms with Crippen LogP contribution < -0.4 is 16.4 Å². The first-order valence-corrected chi connectivity index (χ1v) is 9.44. The minimum absolute atomic E-state index is 0.223. The molecule has 1 heterocycles. The Bertz CT molecular complexity index is 640. The van der Waals surface area contributed by atoms with Crippen LogP contribution in [0.5, 0.6) is 0 Å². The van der Waals surface area contributed by atoms with Crippen LogP contribution in [0.2, 0.25) is 0 Å². The van der Waals surface area contributed by atoms with Crippen LogP contribution in [0.15, 0.2) is 22.7 Å². The van der Waals surface area contributed by atoms with Gasteiger partial charge >= 0.3 is 6.09 Å². The fourth-order valence-corrected chi connectivity index (χ4v) is 3.10. The maximum Gasteiger partial charge on any atom is 0.410 e. The van der Waals surface area contributed by atoms with Crippen molar-refractivity contribution in [2.45, 2.75) is 45.3 Å². The topological polar surface area (TPSA) is 79.6 Å². The lowest BCUT2D eigenvalue weighted by Gasteiger charge is -2.34. The highest BCUT2D eigenvalue weighted by Crippen LogP contribution is 2.28. The highest BCUT2D eigenvalue weighted by Gasteiger charge is 2.27. The summed E-state index contributed by atoms with van der Waals surface area (Å²) in [5.74, 6) is 0. The molecule has 1 amide bonds. The molecule has 0 atom stereocenters. The van der Waals surface area contributed by atoms with Gasteiger partial charge in [-0.3, -0.25) is 0 Å². The van der Waals surface area contributed by atoms with E-state index in [1.165, 1.54) is 0 Å². The van der Waals surface area contributed by atoms with Crippen molar-refractivity contribution in [1.82, 2.24) is 4.90 Å². The molecule has 0 bridgehead atoms. The van der Waals surface area contributed by atoms with Crippen molar-refractivity contribution in [3.63, 3.8) is 0 Å². The number of benzene rings is 1. The summed E-state index contributed by atoms with van der Waals surface area (Å²) in [6, 6.07) is 6.14. The Kier molecular flexibility index (Phi) is 6.51. The number of nitrogens with two attached hydrogens (primary N) is 1. The van der Waals surface area contributed by atoms with Gasteiger partial charge in [0, 0.05) is 23.6 Å². The van der Waals surface area contributed by atoms with Crippen LogP contribution in [0, 0.1) is 0 Å². The van der Waals surface area contributed by atoms with Crippen LogP contribution in [-0.4, -0.2) is 40.8 Å². The Labute approximate surface area is 162 Å². The van der Waals surface area contributed by atoms with E-state index in [-0.39, 0.29) is 17.2 Å². The van der Waals surface area contributed by atoms with Gasteiger partial charge in [0.2, 0.25) is 0 Å². The van der Waals surface area contributed by atoms with Gasteiger partial charge in [-0.05, 0) is 64.0 Å². The SMILES string of the molecule is CC(C)(C)OC(=O)N1CCC(Nc2ccc(Br)cc2NC(N)=S)CC1. The molecule has 1 aromatic carbocycles. The van der Waals surface area contributed by atoms with E-state index < -0.39 is 5.60 Å². The summed E-state index contributed by atoms with van der Waals surface area (Å²) in [4.78, 5) is 13.9. The van der Waals surface area contributed by atoms with Crippen LogP contribution in [0.25, 0.3) is 0 Å². The van der Waals surface area contributed by atoms with E-state index >= 15 is 0 Å². The molecule has 138 valence electrons. The van der Waals surface area contributed by atoms with Crippen molar-refractivity contribution in [2.75, 3.05) is 23.7 Å². The van der Waals surface area contributed by atoms with E-state index in [0.717, 1.165) is 28.7 Å². The summed E-state index contributed by atoms with van der Waals surface area (Å²) < 4.78 is 6.37. The van der Waals surface area contributed by atoms with E-state index in [0.29, 0.717) is 13.1 Å². The molecule has 25 heavy (non-hydrogen) atoms. The van der Waals surface area contributed by atoms with Crippen molar-refractivity contribution < 1.29 is 9.53 Å². The molecule has 2 rings (SSSR count). The molecule has 1 aliphatic rings. The van der Waals surface area contributed by atoms with Gasteiger partial charge in [-0.25, -0.2) is 4.79 Å². The summed E-state index contributed by atoms with van der Waals surface area (Å²) in [5, 5.41) is 6.72. The normalized spacial score (nSPS) is 15.6. The Balaban J connectivity index is 1.94. The fourth-order valence-electron chi connectivity index (χ4n) is 2.63. The number of nitrogens with one attached hydrogen (secondary N) is 2. The molecule has 0 aromatic heterocycles. The molecular formula is C17H25BrN4O2S. The average molecular weight is 429 g/mol. The summed E-state index contributed by atoms with van der Waals surface area (Å²) in [5.41, 5.74) is 6.90. The largest absolute Gasteiger partial charge is 0.444 e. The molecular weight excluding hydrogens is 404 g/mol. The first-order chi connectivity index (χ1) is 11.6. The number of hydrogen-bond donors (Lipinski definition) is 3. The maximum atomic E-state index is 12.1. The number of hydrogen-bond acceptors (Lipinski definition) is 4. The summed E-state index contributed by atoms with van der Waals surface area (Å²) >= 11 is 8.39. The fraction of sp³-hybridized carbons (Fsp3) is 0.529. The molecule has 0 unspecified atom stereocenters. The van der Waals surface area contributed by atoms with Crippen molar-refractivity contribution >= 4 is 50.7 Å². The second kappa shape index (κ2) is 8.23. The number of thiocarbonyl (C=S) groups is 1. The summed E-state index contributed by atoms with van der Waals surface area (Å²) in [6.45, 7) is 6.97. The van der Waals surface area contributed by atoms with Crippen molar-refractivity contribution in [3.05, 3.63) is 22.7 Å². The average Bonchev–Trinajstić information content (AvgIpc) is 2.48. The smallest absolute Gasteiger partial charge is 0.410 e. The molecule has 0 radical (unpaired) electrons. The van der Waals surface area contributed by atoms with Crippen LogP contribution >= 0.6 is 28.1 Å². The molecule has 1 fully saturated rings. The minimum Gasteiger partial charge on any atom is -0.444 e. The molecule has 0 spiro atoms. The Morgan fingerprint density at radius 3 is 2.52 bits per heavy atom. The molecule has 0 saturated carbocycles. The van der Waals surface area contributed by atoms with E-state index in [1.807, 2.05) is 39.0 Å². The Morgan fingerprint density at radius 1 is 1.32 bits per heavy atom. The zero-order valence-corrected chi connectivity index (χ0v) is 17.2. The zero-order chi connectivity index (χ0) is 18.6. The molecule has 1 aliphatic heterocycles. The van der Waals surface area contributed by atoms with Gasteiger partial charge in [0.1, 0.15) is 5.60 Å². The third-order valence-corrected chi connectivity index (χ3v) is 4.34. The number of ether oxygens (including phenoxy) is 1. The lowest BCUT2D eigenvalue weighted by molar-refractivity contribution is 0.0210. The molecule has 8 heteroatoms. The number of likely N-dealkylation sites (tertiary alicyclic amines) is 1. The molecule has 6 nitrogen and oxygen atoms in total. The number of anilines is 2. The number of nitrogens with zero attached hydrogens (tertiary/aromatic N) is 1. The third-order valence-electron chi connectivity index (χ3n) is 3.75. The van der Waals surface area contributed by atoms with Gasteiger partial charge in [-0.2, -0.15) is 0 Å². The predicted molar refractivity (Wildman–Crippen MR) is 109 cm³/mol. The molecule has 4 N–H and O–H groups in total. The lowest BCUT2D eigenvalue weighted by Crippen LogP contribution is -2.44. The number of carbonyl (C=O) groups excluding carboxylic acids is 1. The molecule has 0 aliphatic carbocycles. The Hall–Kier alpha value is -1.54. The van der Waals surface area contributed by atoms with E-state index in [4.69, 9.17) is 22.7 Å². The van der Waals surface area contributed by atoms with Gasteiger partial charge in [-0.1, -0.05) is 15.9 Å². The van der Waals surface area contributed by atoms with Gasteiger partial charge in [0.25, 0.3) is 0 Å². The van der Waals surface area contributed by atoms with Crippen LogP contribution in [0.3, 0.4) is 0 Å². The lowest BCUT2D eigenvalue weighted by atomic mass is 10.0. The second-order valence-corrected chi connectivity index (χ2v) is 8.42. The maximum absolute atomic E-state index is 12.1. The second-order valence-electron chi connectivity index (χ2n) is 7.07. The van der Waals surface area contributed by atoms with Gasteiger partial charge in [-0.15, -0.1) is 0 Å². The van der Waals surface area contributed by atoms with E-state index in [9.17, 15) is 4.79 Å². The number of rotatable bonds is 3. The quantitative estimate of drug-likeness (QED) is 0.633. The van der Waals surface area contributed by atoms with Gasteiger partial charge in [0.05, 0.1) is 11.4 Å². The van der Waals surface area contributed by atoms with Crippen LogP contribution in [-0.2, 0) is 4.74 Å². The molecule has 1 aromatic rings. The van der Waals surface area contributed by atoms with Crippen LogP contribution in [0.1, 0.15) is 33.6 Å². The first-order valence-electron chi connectivity index (χ1n) is 8.24. The van der Waals surface area contributed by atoms with Gasteiger partial charge in [0.15, 0.2) is 5.11 Å². The highest BCUT2D eigenvalue weighted by molar-refractivity contribution is 9.10. The van der Waals surface area contributed by atoms with Gasteiger partial charge < -0.3 is 26.0 Å². The first kappa shape index (κ1) is 19.8. The Morgan fingerprint density at radius 2 is 1.96 bits per heavy atom. The van der Waals surface area contributed by atoms with E-state index in [2.05, 4.69) is 26.6 Å². The third kappa shape index (κ3) is 6.36. The zero-order valence-electron chi connectivity index (χ0n) is 14.8. The number of piperidine rings is 1. The summed E-state index contributed by atoms with van der Waals surface area (Å²) in [7, 11) is 0. The number of amides is 1. The standard InChI is InChI=1S/C17H25BrN4O2S/c1-17(2,3)24-16(23)22-8-6-12(7-9-22)20-13-5-4-11(18)10-14(13)21-15(19)25/h4-5,10,12,20H,6-9H2,1-3H3,(H3,19,21,25). The van der Waals surface area contributed by atoms with Crippen LogP contribution in [0.4, 0.5) is 16.2 Å². The highest BCUT2D eigenvalue weighted by atomic mass is 79.9. The monoisotopic (exact) mass is 428 g/mol. The summed E-state index contributed by atoms with van der Waals surface area (Å²) in [6.07, 6.45) is 1.45. The predicted octanol–water partition coefficient (Wildman–Crippen LogP) is 3.92. The number of halogens is 1. The number of carbonyl (C=O) groups is 1. The van der Waals surface area contributed by atoms with Crippen molar-refractivity contribution in [2.24, 2.45) is 5.73 Å². The molecule has 1 saturated heterocycles. The van der Waals surface area contributed by atoms with Crippen molar-refractivity contribution in [3.8, 4) is 0 Å². The van der Waals surface area contributed by atoms with E-state index in [1.54, 1.807) is 4.90 Å². The minimum atomic E-state index is -0.467.